The topological polar surface area (TPSA) is 42.9 Å². The van der Waals surface area contributed by atoms with Crippen molar-refractivity contribution in [3.8, 4) is 33.6 Å². The number of para-hydroxylation sites is 1. The van der Waals surface area contributed by atoms with Crippen LogP contribution in [0.3, 0.4) is 0 Å². The second kappa shape index (κ2) is 18.5. The molecule has 0 atom stereocenters. The fourth-order valence-corrected chi connectivity index (χ4v) is 14.1. The van der Waals surface area contributed by atoms with E-state index < -0.39 is 8.07 Å². The number of hydrogen-bond acceptors (Lipinski definition) is 3. The van der Waals surface area contributed by atoms with Crippen molar-refractivity contribution in [2.75, 3.05) is 0 Å². The van der Waals surface area contributed by atoms with Crippen LogP contribution in [-0.2, 0) is 25.5 Å². The van der Waals surface area contributed by atoms with E-state index >= 15 is 0 Å². The molecule has 0 saturated heterocycles. The third-order valence-electron chi connectivity index (χ3n) is 12.6. The van der Waals surface area contributed by atoms with Gasteiger partial charge in [-0.1, -0.05) is 207 Å². The van der Waals surface area contributed by atoms with Crippen LogP contribution in [0.15, 0.2) is 231 Å². The molecule has 10 aromatic rings. The van der Waals surface area contributed by atoms with E-state index in [9.17, 15) is 4.79 Å². The van der Waals surface area contributed by atoms with Gasteiger partial charge in [-0.25, -0.2) is 0 Å². The molecule has 1 aliphatic rings. The Hall–Kier alpha value is -7.14. The van der Waals surface area contributed by atoms with E-state index in [4.69, 9.17) is 4.98 Å². The largest absolute Gasteiger partial charge is 0.304 e. The van der Waals surface area contributed by atoms with E-state index in [0.717, 1.165) is 33.4 Å². The molecule has 8 aromatic carbocycles. The monoisotopic (exact) mass is 1030 g/mol. The first kappa shape index (κ1) is 43.1. The Balaban J connectivity index is 0.000000213. The molecule has 1 aliphatic carbocycles. The number of aromatic nitrogens is 2. The molecule has 2 aromatic heterocycles. The molecule has 1 radical (unpaired) electrons. The molecule has 0 bridgehead atoms. The van der Waals surface area contributed by atoms with Crippen molar-refractivity contribution in [3.05, 3.63) is 265 Å². The quantitative estimate of drug-likeness (QED) is 0.0659. The van der Waals surface area contributed by atoms with Crippen molar-refractivity contribution >= 4 is 45.5 Å². The molecule has 0 amide bonds. The third-order valence-corrected chi connectivity index (χ3v) is 17.4. The first-order chi connectivity index (χ1) is 31.4. The van der Waals surface area contributed by atoms with Gasteiger partial charge in [-0.2, -0.15) is 0 Å². The summed E-state index contributed by atoms with van der Waals surface area (Å²) in [6.07, 6.45) is 1.62. The summed E-state index contributed by atoms with van der Waals surface area (Å²) in [7, 11) is -2.62. The van der Waals surface area contributed by atoms with Crippen molar-refractivity contribution < 1.29 is 24.9 Å². The maximum absolute atomic E-state index is 12.2. The molecule has 0 fully saturated rings. The number of benzene rings is 8. The van der Waals surface area contributed by atoms with E-state index in [2.05, 4.69) is 183 Å². The van der Waals surface area contributed by atoms with Crippen molar-refractivity contribution in [1.82, 2.24) is 9.97 Å². The van der Waals surface area contributed by atoms with Crippen LogP contribution in [0.5, 0.6) is 0 Å². The fourth-order valence-electron chi connectivity index (χ4n) is 9.33. The second-order valence-electron chi connectivity index (χ2n) is 16.7. The standard InChI is InChI=1S/C42H32NSi.C18H12NO.Ir/c1-42(2)38-28-31(41-27-23-30-14-12-13-21-40(30)43-41)22-25-36(38)37-26-24-35(29-39(37)42)44(32-15-6-3-7-16-32,33-17-8-4-9-18-33)34-19-10-5-11-20-34;20-18(15-9-5-2-6-10-15)16-11-12-17(19-13-16)14-7-3-1-4-8-14;/h3-21,23-29H,1-2H3;1-7,9-13H;/q2*-1;. The Labute approximate surface area is 395 Å². The zero-order valence-electron chi connectivity index (χ0n) is 36.1. The molecule has 0 spiro atoms. The molecule has 11 rings (SSSR count). The number of carbonyl (C=O) groups is 1. The summed E-state index contributed by atoms with van der Waals surface area (Å²) in [6, 6.07) is 85.1. The van der Waals surface area contributed by atoms with E-state index in [1.54, 1.807) is 24.4 Å². The van der Waals surface area contributed by atoms with Gasteiger partial charge in [0.25, 0.3) is 0 Å². The maximum Gasteiger partial charge on any atom is 0.194 e. The predicted molar refractivity (Wildman–Crippen MR) is 266 cm³/mol. The summed E-state index contributed by atoms with van der Waals surface area (Å²) in [6.45, 7) is 4.74. The van der Waals surface area contributed by atoms with Gasteiger partial charge in [-0.05, 0) is 54.6 Å². The van der Waals surface area contributed by atoms with Crippen molar-refractivity contribution in [1.29, 1.82) is 0 Å². The summed E-state index contributed by atoms with van der Waals surface area (Å²) in [5, 5.41) is 6.73. The summed E-state index contributed by atoms with van der Waals surface area (Å²) in [4.78, 5) is 21.6. The predicted octanol–water partition coefficient (Wildman–Crippen LogP) is 11.2. The van der Waals surface area contributed by atoms with Gasteiger partial charge in [0, 0.05) is 37.4 Å². The Morgan fingerprint density at radius 2 is 1.08 bits per heavy atom. The first-order valence-electron chi connectivity index (χ1n) is 21.7. The molecular weight excluding hydrogens is 985 g/mol. The van der Waals surface area contributed by atoms with Gasteiger partial charge in [0.05, 0.1) is 5.52 Å². The number of pyridine rings is 2. The second-order valence-corrected chi connectivity index (χ2v) is 20.5. The number of hydrogen-bond donors (Lipinski definition) is 0. The van der Waals surface area contributed by atoms with Crippen molar-refractivity contribution in [3.63, 3.8) is 0 Å². The molecule has 315 valence electrons. The van der Waals surface area contributed by atoms with Gasteiger partial charge in [-0.15, -0.1) is 65.2 Å². The minimum Gasteiger partial charge on any atom is -0.304 e. The zero-order valence-corrected chi connectivity index (χ0v) is 39.5. The molecular formula is C60H44IrN2OSi-2. The molecule has 0 N–H and O–H groups in total. The van der Waals surface area contributed by atoms with E-state index in [-0.39, 0.29) is 31.3 Å². The Kier molecular flexibility index (Phi) is 12.3. The summed E-state index contributed by atoms with van der Waals surface area (Å²) >= 11 is 0. The molecule has 65 heavy (non-hydrogen) atoms. The zero-order chi connectivity index (χ0) is 43.5. The van der Waals surface area contributed by atoms with Crippen LogP contribution in [-0.4, -0.2) is 23.8 Å². The average molecular weight is 1030 g/mol. The molecule has 5 heteroatoms. The van der Waals surface area contributed by atoms with Gasteiger partial charge >= 0.3 is 0 Å². The van der Waals surface area contributed by atoms with Gasteiger partial charge in [0.2, 0.25) is 0 Å². The van der Waals surface area contributed by atoms with Crippen LogP contribution in [0.4, 0.5) is 0 Å². The molecule has 3 nitrogen and oxygen atoms in total. The van der Waals surface area contributed by atoms with Crippen LogP contribution >= 0.6 is 0 Å². The smallest absolute Gasteiger partial charge is 0.194 e. The van der Waals surface area contributed by atoms with E-state index in [1.165, 1.54) is 43.0 Å². The maximum atomic E-state index is 12.2. The summed E-state index contributed by atoms with van der Waals surface area (Å²) in [5.74, 6) is -0.0123. The number of nitrogens with zero attached hydrogens (tertiary/aromatic N) is 2. The van der Waals surface area contributed by atoms with Crippen LogP contribution in [0.1, 0.15) is 40.9 Å². The van der Waals surface area contributed by atoms with Gasteiger partial charge in [0.15, 0.2) is 13.9 Å². The van der Waals surface area contributed by atoms with E-state index in [0.29, 0.717) is 11.1 Å². The van der Waals surface area contributed by atoms with E-state index in [1.807, 2.05) is 54.6 Å². The van der Waals surface area contributed by atoms with Crippen LogP contribution in [0.2, 0.25) is 0 Å². The summed E-state index contributed by atoms with van der Waals surface area (Å²) in [5.41, 5.74) is 11.1. The van der Waals surface area contributed by atoms with Crippen molar-refractivity contribution in [2.24, 2.45) is 0 Å². The molecule has 0 saturated carbocycles. The molecule has 0 unspecified atom stereocenters. The molecule has 2 heterocycles. The van der Waals surface area contributed by atoms with Crippen LogP contribution in [0, 0.1) is 12.1 Å². The third kappa shape index (κ3) is 8.15. The van der Waals surface area contributed by atoms with Gasteiger partial charge < -0.3 is 4.98 Å². The number of carbonyl (C=O) groups excluding carboxylic acids is 1. The average Bonchev–Trinajstić information content (AvgIpc) is 3.60. The number of ketones is 1. The van der Waals surface area contributed by atoms with Crippen LogP contribution < -0.4 is 20.7 Å². The number of rotatable bonds is 8. The number of fused-ring (bicyclic) bond motifs is 4. The summed E-state index contributed by atoms with van der Waals surface area (Å²) < 4.78 is 0. The van der Waals surface area contributed by atoms with Gasteiger partial charge in [0.1, 0.15) is 0 Å². The normalized spacial score (nSPS) is 12.2. The SMILES string of the molecule is CC1(C)c2cc(-c3ccc4ccccc4n3)[c-]cc2-c2ccc([Si](c3ccccc3)(c3ccccc3)c3ccccc3)cc21.O=C(c1ccccc1)c1ccc(-c2[c-]cccc2)nc1.[Ir]. The Morgan fingerprint density at radius 1 is 0.492 bits per heavy atom. The Bertz CT molecular complexity index is 3140. The first-order valence-corrected chi connectivity index (χ1v) is 23.7. The van der Waals surface area contributed by atoms with Crippen molar-refractivity contribution in [2.45, 2.75) is 19.3 Å². The molecule has 0 aliphatic heterocycles. The van der Waals surface area contributed by atoms with Gasteiger partial charge in [-0.3, -0.25) is 9.78 Å². The fraction of sp³-hybridized carbons (Fsp3) is 0.0500. The Morgan fingerprint density at radius 3 is 1.69 bits per heavy atom. The minimum atomic E-state index is -2.62. The van der Waals surface area contributed by atoms with Crippen LogP contribution in [0.25, 0.3) is 44.5 Å². The minimum absolute atomic E-state index is 0.